The van der Waals surface area contributed by atoms with Crippen molar-refractivity contribution >= 4 is 22.1 Å². The quantitative estimate of drug-likeness (QED) is 0.276. The van der Waals surface area contributed by atoms with Gasteiger partial charge in [-0.15, -0.1) is 0 Å². The molecule has 11 heteroatoms. The summed E-state index contributed by atoms with van der Waals surface area (Å²) in [6, 6.07) is 17.0. The third-order valence-corrected chi connectivity index (χ3v) is 7.44. The Bertz CT molecular complexity index is 1390. The van der Waals surface area contributed by atoms with Gasteiger partial charge >= 0.3 is 0 Å². The number of aryl methyl sites for hydroxylation is 1. The molecule has 0 saturated heterocycles. The van der Waals surface area contributed by atoms with Gasteiger partial charge < -0.3 is 18.9 Å². The van der Waals surface area contributed by atoms with Gasteiger partial charge in [-0.3, -0.25) is 4.79 Å². The van der Waals surface area contributed by atoms with Gasteiger partial charge in [0.25, 0.3) is 5.91 Å². The van der Waals surface area contributed by atoms with Gasteiger partial charge in [-0.2, -0.15) is 9.41 Å². The lowest BCUT2D eigenvalue weighted by Gasteiger charge is -2.22. The topological polar surface area (TPSA) is 116 Å². The van der Waals surface area contributed by atoms with Crippen LogP contribution in [-0.4, -0.2) is 59.8 Å². The van der Waals surface area contributed by atoms with E-state index in [1.807, 2.05) is 6.07 Å². The fourth-order valence-electron chi connectivity index (χ4n) is 3.77. The van der Waals surface area contributed by atoms with Gasteiger partial charge in [-0.05, 0) is 48.4 Å². The number of carbonyl (C=O) groups excluding carboxylic acids is 1. The predicted molar refractivity (Wildman–Crippen MR) is 144 cm³/mol. The molecule has 0 unspecified atom stereocenters. The molecule has 1 amide bonds. The third-order valence-electron chi connectivity index (χ3n) is 5.65. The molecule has 3 aromatic rings. The zero-order valence-electron chi connectivity index (χ0n) is 21.9. The Balaban J connectivity index is 1.84. The van der Waals surface area contributed by atoms with Crippen molar-refractivity contribution in [1.29, 1.82) is 0 Å². The number of nitrogens with zero attached hydrogens (tertiary/aromatic N) is 2. The maximum absolute atomic E-state index is 13.6. The van der Waals surface area contributed by atoms with Gasteiger partial charge in [0, 0.05) is 12.1 Å². The number of rotatable bonds is 12. The van der Waals surface area contributed by atoms with Crippen molar-refractivity contribution in [2.75, 3.05) is 35.0 Å². The molecule has 0 aromatic heterocycles. The molecule has 0 aliphatic heterocycles. The minimum atomic E-state index is -4.03. The van der Waals surface area contributed by atoms with E-state index in [2.05, 4.69) is 10.5 Å². The normalized spacial score (nSPS) is 11.4. The Labute approximate surface area is 222 Å². The van der Waals surface area contributed by atoms with Crippen molar-refractivity contribution in [1.82, 2.24) is 9.73 Å². The van der Waals surface area contributed by atoms with Crippen molar-refractivity contribution in [3.8, 4) is 23.0 Å². The van der Waals surface area contributed by atoms with Crippen LogP contribution in [0.1, 0.15) is 16.7 Å². The number of benzene rings is 3. The summed E-state index contributed by atoms with van der Waals surface area (Å²) in [6.07, 6.45) is 1.38. The van der Waals surface area contributed by atoms with Crippen molar-refractivity contribution in [3.05, 3.63) is 77.4 Å². The maximum Gasteiger partial charge on any atom is 0.255 e. The zero-order valence-corrected chi connectivity index (χ0v) is 22.7. The number of hydrogen-bond acceptors (Lipinski definition) is 8. The molecule has 3 aromatic carbocycles. The second-order valence-corrected chi connectivity index (χ2v) is 10.0. The molecule has 1 N–H and O–H groups in total. The minimum absolute atomic E-state index is 0.00507. The van der Waals surface area contributed by atoms with Gasteiger partial charge in [0.15, 0.2) is 11.5 Å². The minimum Gasteiger partial charge on any atom is -0.496 e. The van der Waals surface area contributed by atoms with Crippen molar-refractivity contribution in [2.24, 2.45) is 5.10 Å². The highest BCUT2D eigenvalue weighted by atomic mass is 32.2. The van der Waals surface area contributed by atoms with E-state index < -0.39 is 22.5 Å². The Morgan fingerprint density at radius 2 is 1.55 bits per heavy atom. The summed E-state index contributed by atoms with van der Waals surface area (Å²) in [5, 5.41) is 3.99. The van der Waals surface area contributed by atoms with Crippen LogP contribution in [0.5, 0.6) is 23.0 Å². The first-order chi connectivity index (χ1) is 18.2. The number of ether oxygens (including phenoxy) is 4. The number of amides is 1. The molecule has 38 heavy (non-hydrogen) atoms. The van der Waals surface area contributed by atoms with Crippen LogP contribution >= 0.6 is 0 Å². The van der Waals surface area contributed by atoms with E-state index in [0.717, 1.165) is 9.87 Å². The lowest BCUT2D eigenvalue weighted by Crippen LogP contribution is -2.39. The average molecular weight is 542 g/mol. The summed E-state index contributed by atoms with van der Waals surface area (Å²) >= 11 is 0. The smallest absolute Gasteiger partial charge is 0.255 e. The first-order valence-corrected chi connectivity index (χ1v) is 13.0. The summed E-state index contributed by atoms with van der Waals surface area (Å²) in [7, 11) is 1.94. The number of nitrogens with one attached hydrogen (secondary N) is 1. The molecule has 202 valence electrons. The summed E-state index contributed by atoms with van der Waals surface area (Å²) in [4.78, 5) is 12.9. The van der Waals surface area contributed by atoms with Crippen LogP contribution < -0.4 is 24.4 Å². The zero-order chi connectivity index (χ0) is 27.7. The van der Waals surface area contributed by atoms with E-state index in [1.54, 1.807) is 49.4 Å². The van der Waals surface area contributed by atoms with Gasteiger partial charge in [0.2, 0.25) is 15.8 Å². The van der Waals surface area contributed by atoms with Crippen LogP contribution in [0.3, 0.4) is 0 Å². The maximum atomic E-state index is 13.6. The first kappa shape index (κ1) is 28.5. The van der Waals surface area contributed by atoms with E-state index in [1.165, 1.54) is 46.8 Å². The molecule has 0 aliphatic rings. The molecule has 0 saturated carbocycles. The molecule has 0 bridgehead atoms. The molecule has 10 nitrogen and oxygen atoms in total. The molecule has 0 fully saturated rings. The largest absolute Gasteiger partial charge is 0.496 e. The van der Waals surface area contributed by atoms with Crippen LogP contribution in [0.2, 0.25) is 0 Å². The monoisotopic (exact) mass is 541 g/mol. The lowest BCUT2D eigenvalue weighted by molar-refractivity contribution is -0.121. The summed E-state index contributed by atoms with van der Waals surface area (Å²) in [5.41, 5.74) is 4.30. The van der Waals surface area contributed by atoms with Gasteiger partial charge in [-0.1, -0.05) is 30.3 Å². The van der Waals surface area contributed by atoms with E-state index in [9.17, 15) is 13.2 Å². The summed E-state index contributed by atoms with van der Waals surface area (Å²) in [6.45, 7) is 1.29. The molecule has 0 aliphatic carbocycles. The van der Waals surface area contributed by atoms with Crippen LogP contribution in [0, 0.1) is 6.92 Å². The second kappa shape index (κ2) is 12.9. The molecular formula is C27H31N3O7S. The summed E-state index contributed by atoms with van der Waals surface area (Å²) in [5.74, 6) is 1.16. The molecule has 0 radical (unpaired) electrons. The molecule has 0 atom stereocenters. The fraction of sp³-hybridized carbons (Fsp3) is 0.259. The lowest BCUT2D eigenvalue weighted by atomic mass is 10.2. The molecule has 0 spiro atoms. The molecular weight excluding hydrogens is 510 g/mol. The number of hydrazone groups is 1. The average Bonchev–Trinajstić information content (AvgIpc) is 2.92. The molecule has 3 rings (SSSR count). The Morgan fingerprint density at radius 1 is 0.895 bits per heavy atom. The predicted octanol–water partition coefficient (Wildman–Crippen LogP) is 3.37. The van der Waals surface area contributed by atoms with E-state index in [0.29, 0.717) is 34.1 Å². The van der Waals surface area contributed by atoms with Crippen LogP contribution in [0.4, 0.5) is 0 Å². The van der Waals surface area contributed by atoms with E-state index >= 15 is 0 Å². The van der Waals surface area contributed by atoms with Crippen molar-refractivity contribution in [2.45, 2.75) is 18.4 Å². The van der Waals surface area contributed by atoms with E-state index in [4.69, 9.17) is 18.9 Å². The van der Waals surface area contributed by atoms with Gasteiger partial charge in [-0.25, -0.2) is 13.8 Å². The third kappa shape index (κ3) is 6.61. The summed E-state index contributed by atoms with van der Waals surface area (Å²) < 4.78 is 49.5. The van der Waals surface area contributed by atoms with Crippen LogP contribution in [-0.2, 0) is 21.4 Å². The highest BCUT2D eigenvalue weighted by Crippen LogP contribution is 2.39. The molecule has 0 heterocycles. The van der Waals surface area contributed by atoms with Crippen molar-refractivity contribution < 1.29 is 32.2 Å². The van der Waals surface area contributed by atoms with E-state index in [-0.39, 0.29) is 11.4 Å². The Morgan fingerprint density at radius 3 is 2.16 bits per heavy atom. The second-order valence-electron chi connectivity index (χ2n) is 8.11. The SMILES string of the molecule is COc1ccc(S(=O)(=O)N(CC(=O)N/N=C/c2ccc(OC)c(OC)c2OC)Cc2ccccc2)cc1C. The van der Waals surface area contributed by atoms with Crippen LogP contribution in [0.25, 0.3) is 0 Å². The van der Waals surface area contributed by atoms with Crippen molar-refractivity contribution in [3.63, 3.8) is 0 Å². The number of sulfonamides is 1. The first-order valence-electron chi connectivity index (χ1n) is 11.5. The van der Waals surface area contributed by atoms with Gasteiger partial charge in [0.05, 0.1) is 46.1 Å². The Hall–Kier alpha value is -4.09. The standard InChI is InChI=1S/C27H31N3O7S/c1-19-15-22(12-14-23(19)34-2)38(32,33)30(17-20-9-7-6-8-10-20)18-25(31)29-28-16-21-11-13-24(35-3)27(37-5)26(21)36-4/h6-16H,17-18H2,1-5H3,(H,29,31)/b28-16+. The van der Waals surface area contributed by atoms with Crippen LogP contribution in [0.15, 0.2) is 70.7 Å². The number of methoxy groups -OCH3 is 4. The fourth-order valence-corrected chi connectivity index (χ4v) is 5.24. The number of hydrogen-bond donors (Lipinski definition) is 1. The van der Waals surface area contributed by atoms with Gasteiger partial charge in [0.1, 0.15) is 5.75 Å². The Kier molecular flexibility index (Phi) is 9.69. The number of carbonyl (C=O) groups is 1. The highest BCUT2D eigenvalue weighted by Gasteiger charge is 2.27. The highest BCUT2D eigenvalue weighted by molar-refractivity contribution is 7.89.